The van der Waals surface area contributed by atoms with Gasteiger partial charge in [0.15, 0.2) is 5.11 Å². The van der Waals surface area contributed by atoms with Crippen molar-refractivity contribution in [3.8, 4) is 0 Å². The fraction of sp³-hybridized carbons (Fsp3) is 0.308. The molecular weight excluding hydrogens is 246 g/mol. The summed E-state index contributed by atoms with van der Waals surface area (Å²) < 4.78 is 0. The van der Waals surface area contributed by atoms with Crippen molar-refractivity contribution in [2.75, 3.05) is 6.54 Å². The van der Waals surface area contributed by atoms with Gasteiger partial charge in [0.05, 0.1) is 0 Å². The van der Waals surface area contributed by atoms with Gasteiger partial charge in [0, 0.05) is 18.9 Å². The molecule has 0 saturated carbocycles. The van der Waals surface area contributed by atoms with Crippen LogP contribution < -0.4 is 5.32 Å². The quantitative estimate of drug-likeness (QED) is 0.664. The smallest absolute Gasteiger partial charge is 0.276 e. The number of carbonyl (C=O) groups excluding carboxylic acids is 1. The van der Waals surface area contributed by atoms with Gasteiger partial charge in [-0.3, -0.25) is 14.7 Å². The van der Waals surface area contributed by atoms with E-state index in [2.05, 4.69) is 17.2 Å². The third-order valence-electron chi connectivity index (χ3n) is 2.69. The van der Waals surface area contributed by atoms with Gasteiger partial charge in [-0.05, 0) is 36.3 Å². The average molecular weight is 261 g/mol. The van der Waals surface area contributed by atoms with E-state index in [1.54, 1.807) is 23.4 Å². The van der Waals surface area contributed by atoms with E-state index in [4.69, 9.17) is 12.2 Å². The summed E-state index contributed by atoms with van der Waals surface area (Å²) in [6, 6.07) is 3.73. The van der Waals surface area contributed by atoms with Crippen LogP contribution in [0.5, 0.6) is 0 Å². The Morgan fingerprint density at radius 3 is 3.06 bits per heavy atom. The summed E-state index contributed by atoms with van der Waals surface area (Å²) in [7, 11) is 0. The Kier molecular flexibility index (Phi) is 4.04. The topological polar surface area (TPSA) is 45.2 Å². The molecule has 0 aromatic carbocycles. The average Bonchev–Trinajstić information content (AvgIpc) is 2.64. The van der Waals surface area contributed by atoms with Crippen molar-refractivity contribution < 1.29 is 4.79 Å². The molecule has 0 radical (unpaired) electrons. The van der Waals surface area contributed by atoms with E-state index in [1.807, 2.05) is 12.1 Å². The lowest BCUT2D eigenvalue weighted by Gasteiger charge is -2.12. The summed E-state index contributed by atoms with van der Waals surface area (Å²) in [6.45, 7) is 2.76. The zero-order valence-corrected chi connectivity index (χ0v) is 11.0. The molecule has 1 aliphatic heterocycles. The number of pyridine rings is 1. The van der Waals surface area contributed by atoms with Crippen LogP contribution >= 0.6 is 12.2 Å². The van der Waals surface area contributed by atoms with Gasteiger partial charge in [-0.2, -0.15) is 0 Å². The Bertz CT molecular complexity index is 484. The predicted octanol–water partition coefficient (Wildman–Crippen LogP) is 1.94. The highest BCUT2D eigenvalue weighted by molar-refractivity contribution is 7.80. The second kappa shape index (κ2) is 5.73. The molecule has 0 unspecified atom stereocenters. The summed E-state index contributed by atoms with van der Waals surface area (Å²) in [6.07, 6.45) is 7.17. The molecule has 0 bridgehead atoms. The molecule has 0 aliphatic carbocycles. The summed E-state index contributed by atoms with van der Waals surface area (Å²) in [5, 5.41) is 3.44. The molecule has 0 atom stereocenters. The highest BCUT2D eigenvalue weighted by Gasteiger charge is 2.29. The standard InChI is InChI=1S/C13H15N3OS/c1-2-3-7-16-12(17)11(15-13(16)18)8-10-5-4-6-14-9-10/h4-6,8-9H,2-3,7H2,1H3,(H,15,18)/b11-8-. The van der Waals surface area contributed by atoms with Gasteiger partial charge in [-0.15, -0.1) is 0 Å². The van der Waals surface area contributed by atoms with Crippen LogP contribution in [0.1, 0.15) is 25.3 Å². The number of aromatic nitrogens is 1. The van der Waals surface area contributed by atoms with Crippen molar-refractivity contribution in [3.63, 3.8) is 0 Å². The Morgan fingerprint density at radius 2 is 2.39 bits per heavy atom. The Balaban J connectivity index is 2.15. The molecule has 1 fully saturated rings. The van der Waals surface area contributed by atoms with Crippen molar-refractivity contribution in [1.82, 2.24) is 15.2 Å². The Morgan fingerprint density at radius 1 is 1.56 bits per heavy atom. The third-order valence-corrected chi connectivity index (χ3v) is 3.02. The highest BCUT2D eigenvalue weighted by Crippen LogP contribution is 2.14. The van der Waals surface area contributed by atoms with E-state index < -0.39 is 0 Å². The van der Waals surface area contributed by atoms with E-state index in [0.717, 1.165) is 18.4 Å². The van der Waals surface area contributed by atoms with Crippen LogP contribution in [0.25, 0.3) is 6.08 Å². The number of amides is 1. The first kappa shape index (κ1) is 12.7. The summed E-state index contributed by atoms with van der Waals surface area (Å²) in [4.78, 5) is 17.7. The van der Waals surface area contributed by atoms with E-state index in [0.29, 0.717) is 17.4 Å². The van der Waals surface area contributed by atoms with Crippen molar-refractivity contribution in [2.45, 2.75) is 19.8 Å². The first-order valence-electron chi connectivity index (χ1n) is 5.97. The number of unbranched alkanes of at least 4 members (excludes halogenated alkanes) is 1. The monoisotopic (exact) mass is 261 g/mol. The maximum atomic E-state index is 12.1. The summed E-state index contributed by atoms with van der Waals surface area (Å²) in [5.41, 5.74) is 1.40. The molecule has 94 valence electrons. The predicted molar refractivity (Wildman–Crippen MR) is 74.6 cm³/mol. The number of carbonyl (C=O) groups is 1. The van der Waals surface area contributed by atoms with E-state index in [9.17, 15) is 4.79 Å². The van der Waals surface area contributed by atoms with Gasteiger partial charge in [-0.1, -0.05) is 19.4 Å². The van der Waals surface area contributed by atoms with Crippen LogP contribution in [0.4, 0.5) is 0 Å². The van der Waals surface area contributed by atoms with Gasteiger partial charge >= 0.3 is 0 Å². The van der Waals surface area contributed by atoms with Crippen LogP contribution in [0, 0.1) is 0 Å². The second-order valence-electron chi connectivity index (χ2n) is 4.08. The molecule has 1 amide bonds. The second-order valence-corrected chi connectivity index (χ2v) is 4.47. The number of rotatable bonds is 4. The van der Waals surface area contributed by atoms with Gasteiger partial charge in [0.2, 0.25) is 0 Å². The first-order valence-corrected chi connectivity index (χ1v) is 6.37. The van der Waals surface area contributed by atoms with Gasteiger partial charge < -0.3 is 5.32 Å². The number of hydrogen-bond donors (Lipinski definition) is 1. The minimum absolute atomic E-state index is 0.0581. The van der Waals surface area contributed by atoms with Gasteiger partial charge in [0.1, 0.15) is 5.70 Å². The maximum absolute atomic E-state index is 12.1. The lowest BCUT2D eigenvalue weighted by Crippen LogP contribution is -2.31. The van der Waals surface area contributed by atoms with E-state index >= 15 is 0 Å². The van der Waals surface area contributed by atoms with Crippen LogP contribution in [0.3, 0.4) is 0 Å². The van der Waals surface area contributed by atoms with Gasteiger partial charge in [0.25, 0.3) is 5.91 Å². The molecule has 2 rings (SSSR count). The minimum atomic E-state index is -0.0581. The fourth-order valence-corrected chi connectivity index (χ4v) is 2.00. The highest BCUT2D eigenvalue weighted by atomic mass is 32.1. The lowest BCUT2D eigenvalue weighted by molar-refractivity contribution is -0.122. The molecule has 2 heterocycles. The molecule has 4 nitrogen and oxygen atoms in total. The maximum Gasteiger partial charge on any atom is 0.276 e. The Labute approximate surface area is 112 Å². The molecule has 0 spiro atoms. The SMILES string of the molecule is CCCCN1C(=O)/C(=C/c2cccnc2)NC1=S. The molecule has 1 aromatic rings. The molecule has 1 aromatic heterocycles. The van der Waals surface area contributed by atoms with Crippen LogP contribution in [0.15, 0.2) is 30.2 Å². The number of hydrogen-bond acceptors (Lipinski definition) is 3. The number of nitrogens with one attached hydrogen (secondary N) is 1. The van der Waals surface area contributed by atoms with Crippen LogP contribution in [-0.2, 0) is 4.79 Å². The van der Waals surface area contributed by atoms with Crippen LogP contribution in [0.2, 0.25) is 0 Å². The largest absolute Gasteiger partial charge is 0.328 e. The van der Waals surface area contributed by atoms with Crippen molar-refractivity contribution >= 4 is 29.3 Å². The van der Waals surface area contributed by atoms with Gasteiger partial charge in [-0.25, -0.2) is 0 Å². The number of thiocarbonyl (C=S) groups is 1. The summed E-state index contributed by atoms with van der Waals surface area (Å²) >= 11 is 5.16. The molecule has 1 aliphatic rings. The fourth-order valence-electron chi connectivity index (χ4n) is 1.72. The Hall–Kier alpha value is -1.75. The summed E-state index contributed by atoms with van der Waals surface area (Å²) in [5.74, 6) is -0.0581. The molecule has 18 heavy (non-hydrogen) atoms. The molecule has 5 heteroatoms. The zero-order valence-electron chi connectivity index (χ0n) is 10.2. The zero-order chi connectivity index (χ0) is 13.0. The normalized spacial score (nSPS) is 17.4. The van der Waals surface area contributed by atoms with E-state index in [1.165, 1.54) is 0 Å². The van der Waals surface area contributed by atoms with Crippen LogP contribution in [-0.4, -0.2) is 27.4 Å². The lowest BCUT2D eigenvalue weighted by atomic mass is 10.2. The molecule has 1 N–H and O–H groups in total. The van der Waals surface area contributed by atoms with Crippen molar-refractivity contribution in [2.24, 2.45) is 0 Å². The first-order chi connectivity index (χ1) is 8.72. The molecular formula is C13H15N3OS. The van der Waals surface area contributed by atoms with Crippen molar-refractivity contribution in [3.05, 3.63) is 35.8 Å². The molecule has 1 saturated heterocycles. The minimum Gasteiger partial charge on any atom is -0.328 e. The van der Waals surface area contributed by atoms with E-state index in [-0.39, 0.29) is 5.91 Å². The third kappa shape index (κ3) is 2.73. The number of nitrogens with zero attached hydrogens (tertiary/aromatic N) is 2. The van der Waals surface area contributed by atoms with Crippen molar-refractivity contribution in [1.29, 1.82) is 0 Å².